The fraction of sp³-hybridized carbons (Fsp3) is 0.450. The number of thiophene rings is 1. The molecule has 3 rings (SSSR count). The van der Waals surface area contributed by atoms with Crippen LogP contribution in [0.25, 0.3) is 0 Å². The van der Waals surface area contributed by atoms with E-state index in [9.17, 15) is 13.2 Å². The summed E-state index contributed by atoms with van der Waals surface area (Å²) in [5.41, 5.74) is 0. The van der Waals surface area contributed by atoms with Crippen molar-refractivity contribution < 1.29 is 13.2 Å². The first-order chi connectivity index (χ1) is 13.5. The third-order valence-electron chi connectivity index (χ3n) is 4.85. The number of rotatable bonds is 9. The molecule has 152 valence electrons. The molecular formula is C20H27N3O3S2. The molecule has 2 aromatic rings. The molecule has 1 atom stereocenters. The van der Waals surface area contributed by atoms with Gasteiger partial charge in [0.15, 0.2) is 0 Å². The maximum Gasteiger partial charge on any atom is 0.240 e. The fourth-order valence-corrected chi connectivity index (χ4v) is 5.21. The number of carbonyl (C=O) groups is 1. The molecule has 0 bridgehead atoms. The molecule has 2 heterocycles. The summed E-state index contributed by atoms with van der Waals surface area (Å²) in [7, 11) is -3.56. The van der Waals surface area contributed by atoms with Crippen LogP contribution in [0, 0.1) is 5.92 Å². The molecule has 1 fully saturated rings. The lowest BCUT2D eigenvalue weighted by Gasteiger charge is -2.32. The molecule has 6 nitrogen and oxygen atoms in total. The summed E-state index contributed by atoms with van der Waals surface area (Å²) in [6.45, 7) is 3.80. The topological polar surface area (TPSA) is 78.5 Å². The molecule has 1 unspecified atom stereocenters. The minimum Gasteiger partial charge on any atom is -0.356 e. The monoisotopic (exact) mass is 421 g/mol. The van der Waals surface area contributed by atoms with Crippen LogP contribution in [0.2, 0.25) is 0 Å². The number of nitrogens with zero attached hydrogens (tertiary/aromatic N) is 1. The minimum absolute atomic E-state index is 0.0955. The lowest BCUT2D eigenvalue weighted by Crippen LogP contribution is -2.41. The van der Waals surface area contributed by atoms with Gasteiger partial charge >= 0.3 is 0 Å². The van der Waals surface area contributed by atoms with E-state index in [0.29, 0.717) is 12.5 Å². The number of nitrogens with one attached hydrogen (secondary N) is 2. The van der Waals surface area contributed by atoms with Gasteiger partial charge in [0.2, 0.25) is 15.9 Å². The predicted molar refractivity (Wildman–Crippen MR) is 112 cm³/mol. The summed E-state index contributed by atoms with van der Waals surface area (Å²) in [4.78, 5) is 16.1. The van der Waals surface area contributed by atoms with E-state index in [1.807, 2.05) is 0 Å². The summed E-state index contributed by atoms with van der Waals surface area (Å²) in [5, 5.41) is 5.06. The quantitative estimate of drug-likeness (QED) is 0.652. The van der Waals surface area contributed by atoms with Gasteiger partial charge in [-0.05, 0) is 48.9 Å². The van der Waals surface area contributed by atoms with Crippen molar-refractivity contribution in [1.82, 2.24) is 14.9 Å². The van der Waals surface area contributed by atoms with Crippen molar-refractivity contribution in [3.8, 4) is 0 Å². The fourth-order valence-electron chi connectivity index (χ4n) is 3.41. The highest BCUT2D eigenvalue weighted by Gasteiger charge is 2.21. The lowest BCUT2D eigenvalue weighted by molar-refractivity contribution is -0.121. The van der Waals surface area contributed by atoms with Gasteiger partial charge in [0, 0.05) is 37.5 Å². The Morgan fingerprint density at radius 3 is 2.75 bits per heavy atom. The van der Waals surface area contributed by atoms with Crippen molar-refractivity contribution in [2.45, 2.75) is 30.7 Å². The Morgan fingerprint density at radius 2 is 2.00 bits per heavy atom. The molecule has 1 aromatic carbocycles. The zero-order valence-corrected chi connectivity index (χ0v) is 17.5. The number of hydrogen-bond donors (Lipinski definition) is 2. The number of likely N-dealkylation sites (tertiary alicyclic amines) is 1. The van der Waals surface area contributed by atoms with E-state index in [4.69, 9.17) is 0 Å². The molecule has 0 radical (unpaired) electrons. The molecule has 1 amide bonds. The molecular weight excluding hydrogens is 394 g/mol. The first-order valence-corrected chi connectivity index (χ1v) is 12.0. The third kappa shape index (κ3) is 6.41. The zero-order chi connectivity index (χ0) is 19.8. The van der Waals surface area contributed by atoms with Crippen LogP contribution in [0.5, 0.6) is 0 Å². The molecule has 1 aromatic heterocycles. The van der Waals surface area contributed by atoms with Crippen molar-refractivity contribution in [2.75, 3.05) is 26.2 Å². The van der Waals surface area contributed by atoms with Gasteiger partial charge in [-0.15, -0.1) is 11.3 Å². The third-order valence-corrected chi connectivity index (χ3v) is 7.19. The molecule has 2 N–H and O–H groups in total. The number of sulfonamides is 1. The van der Waals surface area contributed by atoms with Gasteiger partial charge in [-0.1, -0.05) is 24.3 Å². The first kappa shape index (κ1) is 21.0. The largest absolute Gasteiger partial charge is 0.356 e. The minimum atomic E-state index is -3.56. The molecule has 1 saturated heterocycles. The van der Waals surface area contributed by atoms with Crippen molar-refractivity contribution in [2.24, 2.45) is 5.92 Å². The van der Waals surface area contributed by atoms with Crippen LogP contribution in [0.1, 0.15) is 24.1 Å². The second-order valence-electron chi connectivity index (χ2n) is 7.09. The van der Waals surface area contributed by atoms with E-state index in [1.54, 1.807) is 29.5 Å². The van der Waals surface area contributed by atoms with Crippen molar-refractivity contribution >= 4 is 27.3 Å². The summed E-state index contributed by atoms with van der Waals surface area (Å²) >= 11 is 1.78. The van der Waals surface area contributed by atoms with E-state index in [-0.39, 0.29) is 23.8 Å². The molecule has 0 aliphatic carbocycles. The maximum atomic E-state index is 12.1. The van der Waals surface area contributed by atoms with Gasteiger partial charge in [-0.2, -0.15) is 0 Å². The molecule has 0 saturated carbocycles. The Morgan fingerprint density at radius 1 is 1.18 bits per heavy atom. The lowest BCUT2D eigenvalue weighted by atomic mass is 9.98. The van der Waals surface area contributed by atoms with Gasteiger partial charge in [-0.3, -0.25) is 9.69 Å². The Kier molecular flexibility index (Phi) is 7.61. The van der Waals surface area contributed by atoms with E-state index >= 15 is 0 Å². The number of hydrogen-bond acceptors (Lipinski definition) is 5. The van der Waals surface area contributed by atoms with Crippen LogP contribution in [-0.4, -0.2) is 45.4 Å². The summed E-state index contributed by atoms with van der Waals surface area (Å²) in [6.07, 6.45) is 2.39. The predicted octanol–water partition coefficient (Wildman–Crippen LogP) is 2.44. The summed E-state index contributed by atoms with van der Waals surface area (Å²) < 4.78 is 26.8. The van der Waals surface area contributed by atoms with Gasteiger partial charge in [0.1, 0.15) is 0 Å². The summed E-state index contributed by atoms with van der Waals surface area (Å²) in [6, 6.07) is 12.4. The Hall–Kier alpha value is -1.74. The number of carbonyl (C=O) groups excluding carboxylic acids is 1. The van der Waals surface area contributed by atoms with E-state index < -0.39 is 10.0 Å². The number of amides is 1. The molecule has 28 heavy (non-hydrogen) atoms. The highest BCUT2D eigenvalue weighted by molar-refractivity contribution is 7.89. The molecule has 8 heteroatoms. The van der Waals surface area contributed by atoms with E-state index in [0.717, 1.165) is 32.5 Å². The van der Waals surface area contributed by atoms with E-state index in [1.165, 1.54) is 17.0 Å². The Bertz CT molecular complexity index is 839. The van der Waals surface area contributed by atoms with E-state index in [2.05, 4.69) is 32.5 Å². The number of piperidine rings is 1. The van der Waals surface area contributed by atoms with Gasteiger partial charge < -0.3 is 5.32 Å². The second-order valence-corrected chi connectivity index (χ2v) is 9.89. The van der Waals surface area contributed by atoms with Crippen LogP contribution in [0.15, 0.2) is 52.7 Å². The number of benzene rings is 1. The smallest absolute Gasteiger partial charge is 0.240 e. The normalized spacial score (nSPS) is 18.1. The average Bonchev–Trinajstić information content (AvgIpc) is 3.20. The second kappa shape index (κ2) is 10.2. The average molecular weight is 422 g/mol. The Labute approximate surface area is 171 Å². The van der Waals surface area contributed by atoms with Crippen LogP contribution in [-0.2, 0) is 21.4 Å². The highest BCUT2D eigenvalue weighted by Crippen LogP contribution is 2.20. The van der Waals surface area contributed by atoms with Crippen LogP contribution in [0.4, 0.5) is 0 Å². The SMILES string of the molecule is O=C(CCNS(=O)(=O)c1ccccc1)NCC1CCCN(Cc2cccs2)C1. The molecule has 0 spiro atoms. The van der Waals surface area contributed by atoms with Crippen molar-refractivity contribution in [1.29, 1.82) is 0 Å². The molecule has 1 aliphatic heterocycles. The van der Waals surface area contributed by atoms with Gasteiger partial charge in [-0.25, -0.2) is 13.1 Å². The van der Waals surface area contributed by atoms with Gasteiger partial charge in [0.25, 0.3) is 0 Å². The zero-order valence-electron chi connectivity index (χ0n) is 15.8. The van der Waals surface area contributed by atoms with Crippen LogP contribution >= 0.6 is 11.3 Å². The van der Waals surface area contributed by atoms with Crippen LogP contribution in [0.3, 0.4) is 0 Å². The Balaban J connectivity index is 1.36. The van der Waals surface area contributed by atoms with Crippen LogP contribution < -0.4 is 10.0 Å². The van der Waals surface area contributed by atoms with Crippen molar-refractivity contribution in [3.05, 3.63) is 52.7 Å². The van der Waals surface area contributed by atoms with Crippen molar-refractivity contribution in [3.63, 3.8) is 0 Å². The standard InChI is InChI=1S/C20H27N3O3S2/c24-20(10-11-22-28(25,26)19-8-2-1-3-9-19)21-14-17-6-4-12-23(15-17)16-18-7-5-13-27-18/h1-3,5,7-9,13,17,22H,4,6,10-12,14-16H2,(H,21,24). The van der Waals surface area contributed by atoms with Gasteiger partial charge in [0.05, 0.1) is 4.90 Å². The first-order valence-electron chi connectivity index (χ1n) is 9.59. The maximum absolute atomic E-state index is 12.1. The summed E-state index contributed by atoms with van der Waals surface area (Å²) in [5.74, 6) is 0.324. The molecule has 1 aliphatic rings. The highest BCUT2D eigenvalue weighted by atomic mass is 32.2.